The molecule has 1 N–H and O–H groups in total. The maximum Gasteiger partial charge on any atom is 0.220 e. The number of rotatable bonds is 7. The summed E-state index contributed by atoms with van der Waals surface area (Å²) >= 11 is 0. The molecule has 0 aromatic heterocycles. The molecule has 2 aromatic rings. The van der Waals surface area contributed by atoms with Crippen LogP contribution in [0.3, 0.4) is 0 Å². The van der Waals surface area contributed by atoms with Gasteiger partial charge in [-0.1, -0.05) is 36.4 Å². The van der Waals surface area contributed by atoms with E-state index in [0.29, 0.717) is 6.42 Å². The van der Waals surface area contributed by atoms with Gasteiger partial charge in [-0.05, 0) is 61.4 Å². The maximum atomic E-state index is 12.4. The van der Waals surface area contributed by atoms with Gasteiger partial charge in [-0.2, -0.15) is 0 Å². The van der Waals surface area contributed by atoms with Crippen molar-refractivity contribution in [3.8, 4) is 0 Å². The summed E-state index contributed by atoms with van der Waals surface area (Å²) in [5, 5.41) is 3.30. The molecular weight excluding hydrogens is 308 g/mol. The number of aryl methyl sites for hydroxylation is 2. The van der Waals surface area contributed by atoms with Crippen LogP contribution < -0.4 is 10.2 Å². The number of carbonyl (C=O) groups is 1. The van der Waals surface area contributed by atoms with Crippen LogP contribution in [-0.4, -0.2) is 25.5 Å². The predicted octanol–water partition coefficient (Wildman–Crippen LogP) is 3.89. The van der Waals surface area contributed by atoms with Crippen molar-refractivity contribution in [3.63, 3.8) is 0 Å². The van der Waals surface area contributed by atoms with Crippen LogP contribution in [0.5, 0.6) is 0 Å². The maximum absolute atomic E-state index is 12.4. The number of anilines is 1. The molecule has 0 aliphatic heterocycles. The molecule has 1 fully saturated rings. The summed E-state index contributed by atoms with van der Waals surface area (Å²) in [6.07, 6.45) is 4.47. The third-order valence-electron chi connectivity index (χ3n) is 5.14. The molecule has 3 heteroatoms. The van der Waals surface area contributed by atoms with Crippen molar-refractivity contribution < 1.29 is 4.79 Å². The number of hydrogen-bond acceptors (Lipinski definition) is 2. The smallest absolute Gasteiger partial charge is 0.220 e. The summed E-state index contributed by atoms with van der Waals surface area (Å²) < 4.78 is 0. The first kappa shape index (κ1) is 17.5. The minimum atomic E-state index is -0.00201. The largest absolute Gasteiger partial charge is 0.378 e. The van der Waals surface area contributed by atoms with Gasteiger partial charge in [-0.3, -0.25) is 4.79 Å². The van der Waals surface area contributed by atoms with Gasteiger partial charge in [-0.15, -0.1) is 0 Å². The van der Waals surface area contributed by atoms with E-state index >= 15 is 0 Å². The molecule has 0 bridgehead atoms. The Morgan fingerprint density at radius 2 is 1.76 bits per heavy atom. The second-order valence-corrected chi connectivity index (χ2v) is 7.49. The monoisotopic (exact) mass is 336 g/mol. The first-order chi connectivity index (χ1) is 12.0. The molecule has 0 atom stereocenters. The van der Waals surface area contributed by atoms with Gasteiger partial charge < -0.3 is 10.2 Å². The molecule has 25 heavy (non-hydrogen) atoms. The Hall–Kier alpha value is -2.29. The minimum Gasteiger partial charge on any atom is -0.378 e. The van der Waals surface area contributed by atoms with Crippen LogP contribution in [-0.2, 0) is 17.6 Å². The van der Waals surface area contributed by atoms with Gasteiger partial charge in [0, 0.05) is 31.7 Å². The van der Waals surface area contributed by atoms with Crippen LogP contribution in [0.2, 0.25) is 0 Å². The van der Waals surface area contributed by atoms with Crippen LogP contribution in [0.25, 0.3) is 0 Å². The molecule has 1 aliphatic carbocycles. The van der Waals surface area contributed by atoms with Crippen molar-refractivity contribution >= 4 is 11.6 Å². The lowest BCUT2D eigenvalue weighted by Crippen LogP contribution is -2.38. The number of hydrogen-bond donors (Lipinski definition) is 1. The Bertz CT molecular complexity index is 730. The van der Waals surface area contributed by atoms with E-state index < -0.39 is 0 Å². The zero-order valence-corrected chi connectivity index (χ0v) is 15.5. The van der Waals surface area contributed by atoms with E-state index in [0.717, 1.165) is 25.7 Å². The Morgan fingerprint density at radius 1 is 1.08 bits per heavy atom. The third-order valence-corrected chi connectivity index (χ3v) is 5.14. The lowest BCUT2D eigenvalue weighted by atomic mass is 9.99. The molecule has 1 amide bonds. The summed E-state index contributed by atoms with van der Waals surface area (Å²) in [6.45, 7) is 2.14. The third kappa shape index (κ3) is 4.62. The minimum absolute atomic E-state index is 0.00201. The van der Waals surface area contributed by atoms with Gasteiger partial charge in [-0.25, -0.2) is 0 Å². The van der Waals surface area contributed by atoms with E-state index in [2.05, 4.69) is 65.7 Å². The van der Waals surface area contributed by atoms with E-state index in [1.54, 1.807) is 0 Å². The molecule has 0 radical (unpaired) electrons. The fourth-order valence-corrected chi connectivity index (χ4v) is 3.25. The van der Waals surface area contributed by atoms with E-state index in [-0.39, 0.29) is 11.4 Å². The average molecular weight is 336 g/mol. The number of amides is 1. The van der Waals surface area contributed by atoms with Gasteiger partial charge in [0.25, 0.3) is 0 Å². The van der Waals surface area contributed by atoms with Crippen molar-refractivity contribution in [1.82, 2.24) is 5.32 Å². The molecule has 0 unspecified atom stereocenters. The summed E-state index contributed by atoms with van der Waals surface area (Å²) in [5.74, 6) is 0.169. The molecule has 132 valence electrons. The van der Waals surface area contributed by atoms with E-state index in [4.69, 9.17) is 0 Å². The molecule has 1 aliphatic rings. The second-order valence-electron chi connectivity index (χ2n) is 7.49. The SMILES string of the molecule is Cc1ccccc1CC1(NC(=O)CCc2ccc(N(C)C)cc2)CC1. The Morgan fingerprint density at radius 3 is 2.36 bits per heavy atom. The van der Waals surface area contributed by atoms with Crippen molar-refractivity contribution in [3.05, 3.63) is 65.2 Å². The lowest BCUT2D eigenvalue weighted by Gasteiger charge is -2.19. The number of nitrogens with one attached hydrogen (secondary N) is 1. The Labute approximate surface area is 151 Å². The zero-order chi connectivity index (χ0) is 17.9. The average Bonchev–Trinajstić information content (AvgIpc) is 3.34. The van der Waals surface area contributed by atoms with Crippen LogP contribution in [0, 0.1) is 6.92 Å². The summed E-state index contributed by atoms with van der Waals surface area (Å²) in [4.78, 5) is 14.5. The Kier molecular flexibility index (Phi) is 5.12. The summed E-state index contributed by atoms with van der Waals surface area (Å²) in [6, 6.07) is 16.9. The molecule has 0 spiro atoms. The number of nitrogens with zero attached hydrogens (tertiary/aromatic N) is 1. The quantitative estimate of drug-likeness (QED) is 0.832. The normalized spacial score (nSPS) is 14.8. The second kappa shape index (κ2) is 7.30. The van der Waals surface area contributed by atoms with Gasteiger partial charge in [0.15, 0.2) is 0 Å². The van der Waals surface area contributed by atoms with Gasteiger partial charge in [0.2, 0.25) is 5.91 Å². The lowest BCUT2D eigenvalue weighted by molar-refractivity contribution is -0.122. The van der Waals surface area contributed by atoms with Gasteiger partial charge in [0.05, 0.1) is 0 Å². The van der Waals surface area contributed by atoms with Crippen molar-refractivity contribution in [1.29, 1.82) is 0 Å². The topological polar surface area (TPSA) is 32.3 Å². The van der Waals surface area contributed by atoms with E-state index in [9.17, 15) is 4.79 Å². The highest BCUT2D eigenvalue weighted by atomic mass is 16.1. The van der Waals surface area contributed by atoms with Gasteiger partial charge in [0.1, 0.15) is 0 Å². The fourth-order valence-electron chi connectivity index (χ4n) is 3.25. The predicted molar refractivity (Wildman–Crippen MR) is 104 cm³/mol. The Balaban J connectivity index is 1.51. The molecule has 3 rings (SSSR count). The van der Waals surface area contributed by atoms with Gasteiger partial charge >= 0.3 is 0 Å². The molecule has 2 aromatic carbocycles. The molecule has 0 heterocycles. The van der Waals surface area contributed by atoms with Crippen LogP contribution in [0.4, 0.5) is 5.69 Å². The van der Waals surface area contributed by atoms with Crippen LogP contribution in [0.1, 0.15) is 36.0 Å². The molecular formula is C22H28N2O. The van der Waals surface area contributed by atoms with Crippen molar-refractivity contribution in [2.75, 3.05) is 19.0 Å². The van der Waals surface area contributed by atoms with Crippen molar-refractivity contribution in [2.45, 2.75) is 44.6 Å². The zero-order valence-electron chi connectivity index (χ0n) is 15.5. The molecule has 1 saturated carbocycles. The summed E-state index contributed by atoms with van der Waals surface area (Å²) in [7, 11) is 4.07. The summed E-state index contributed by atoms with van der Waals surface area (Å²) in [5.41, 5.74) is 5.05. The number of carbonyl (C=O) groups excluding carboxylic acids is 1. The highest BCUT2D eigenvalue weighted by molar-refractivity contribution is 5.77. The molecule has 3 nitrogen and oxygen atoms in total. The first-order valence-corrected chi connectivity index (χ1v) is 9.09. The number of benzene rings is 2. The molecule has 0 saturated heterocycles. The standard InChI is InChI=1S/C22H28N2O/c1-17-6-4-5-7-19(17)16-22(14-15-22)23-21(25)13-10-18-8-11-20(12-9-18)24(2)3/h4-9,11-12H,10,13-16H2,1-3H3,(H,23,25). The van der Waals surface area contributed by atoms with Crippen molar-refractivity contribution in [2.24, 2.45) is 0 Å². The first-order valence-electron chi connectivity index (χ1n) is 9.09. The van der Waals surface area contributed by atoms with E-state index in [1.807, 2.05) is 14.1 Å². The highest BCUT2D eigenvalue weighted by Gasteiger charge is 2.43. The highest BCUT2D eigenvalue weighted by Crippen LogP contribution is 2.39. The fraction of sp³-hybridized carbons (Fsp3) is 0.409. The van der Waals surface area contributed by atoms with E-state index in [1.165, 1.54) is 22.4 Å². The van der Waals surface area contributed by atoms with Crippen LogP contribution >= 0.6 is 0 Å². The van der Waals surface area contributed by atoms with Crippen LogP contribution in [0.15, 0.2) is 48.5 Å².